The molecule has 6 nitrogen and oxygen atoms in total. The number of urea groups is 1. The average Bonchev–Trinajstić information content (AvgIpc) is 2.42. The number of hydrogen-bond donors (Lipinski definition) is 1. The minimum Gasteiger partial charge on any atom is -0.480 e. The molecule has 19 heavy (non-hydrogen) atoms. The second kappa shape index (κ2) is 7.99. The lowest BCUT2D eigenvalue weighted by molar-refractivity contribution is -0.137. The van der Waals surface area contributed by atoms with E-state index in [1.165, 1.54) is 12.0 Å². The van der Waals surface area contributed by atoms with Gasteiger partial charge in [-0.25, -0.2) is 4.79 Å². The van der Waals surface area contributed by atoms with Crippen molar-refractivity contribution in [2.24, 2.45) is 5.92 Å². The molecule has 2 amide bonds. The fourth-order valence-corrected chi connectivity index (χ4v) is 2.38. The van der Waals surface area contributed by atoms with E-state index in [4.69, 9.17) is 9.84 Å². The van der Waals surface area contributed by atoms with Crippen LogP contribution in [0, 0.1) is 5.92 Å². The molecule has 0 spiro atoms. The van der Waals surface area contributed by atoms with Gasteiger partial charge in [0.05, 0.1) is 6.61 Å². The molecular formula is C13H24N2O4. The van der Waals surface area contributed by atoms with E-state index in [0.29, 0.717) is 19.1 Å². The van der Waals surface area contributed by atoms with Gasteiger partial charge in [0.2, 0.25) is 0 Å². The van der Waals surface area contributed by atoms with Crippen LogP contribution in [0.1, 0.15) is 26.2 Å². The van der Waals surface area contributed by atoms with Crippen molar-refractivity contribution in [1.82, 2.24) is 9.80 Å². The Morgan fingerprint density at radius 3 is 2.79 bits per heavy atom. The Morgan fingerprint density at radius 1 is 1.47 bits per heavy atom. The second-order valence-electron chi connectivity index (χ2n) is 4.95. The largest absolute Gasteiger partial charge is 0.480 e. The van der Waals surface area contributed by atoms with Crippen LogP contribution >= 0.6 is 0 Å². The molecule has 0 aromatic rings. The van der Waals surface area contributed by atoms with E-state index in [2.05, 4.69) is 6.92 Å². The summed E-state index contributed by atoms with van der Waals surface area (Å²) in [5, 5.41) is 8.88. The maximum Gasteiger partial charge on any atom is 0.323 e. The van der Waals surface area contributed by atoms with Crippen molar-refractivity contribution in [2.45, 2.75) is 26.2 Å². The Bertz CT molecular complexity index is 309. The summed E-state index contributed by atoms with van der Waals surface area (Å²) in [5.74, 6) is -0.458. The summed E-state index contributed by atoms with van der Waals surface area (Å²) in [6.07, 6.45) is 3.20. The van der Waals surface area contributed by atoms with Gasteiger partial charge in [-0.1, -0.05) is 13.3 Å². The first-order valence-electron chi connectivity index (χ1n) is 6.83. The van der Waals surface area contributed by atoms with Gasteiger partial charge >= 0.3 is 12.0 Å². The van der Waals surface area contributed by atoms with Gasteiger partial charge in [-0.3, -0.25) is 4.79 Å². The van der Waals surface area contributed by atoms with Crippen LogP contribution in [0.5, 0.6) is 0 Å². The number of likely N-dealkylation sites (tertiary alicyclic amines) is 1. The minimum absolute atomic E-state index is 0.183. The Hall–Kier alpha value is -1.30. The molecule has 0 saturated carbocycles. The van der Waals surface area contributed by atoms with Crippen molar-refractivity contribution in [3.8, 4) is 0 Å². The molecule has 0 radical (unpaired) electrons. The highest BCUT2D eigenvalue weighted by Crippen LogP contribution is 2.20. The molecular weight excluding hydrogens is 248 g/mol. The third kappa shape index (κ3) is 5.06. The quantitative estimate of drug-likeness (QED) is 0.790. The number of piperidine rings is 1. The highest BCUT2D eigenvalue weighted by atomic mass is 16.5. The van der Waals surface area contributed by atoms with Crippen molar-refractivity contribution >= 4 is 12.0 Å². The highest BCUT2D eigenvalue weighted by Gasteiger charge is 2.27. The second-order valence-corrected chi connectivity index (χ2v) is 4.95. The van der Waals surface area contributed by atoms with Crippen LogP contribution in [0.4, 0.5) is 4.79 Å². The van der Waals surface area contributed by atoms with E-state index in [0.717, 1.165) is 32.4 Å². The molecule has 0 bridgehead atoms. The molecule has 1 rings (SSSR count). The standard InChI is InChI=1S/C13H24N2O4/c1-3-11-5-4-6-14(9-11)13(18)15(7-8-19-2)10-12(16)17/h11H,3-10H2,1-2H3,(H,16,17). The Balaban J connectivity index is 2.60. The molecule has 1 saturated heterocycles. The SMILES string of the molecule is CCC1CCCN(C(=O)N(CCOC)CC(=O)O)C1. The van der Waals surface area contributed by atoms with Gasteiger partial charge in [0.25, 0.3) is 0 Å². The molecule has 1 aliphatic rings. The third-order valence-electron chi connectivity index (χ3n) is 3.53. The molecule has 1 unspecified atom stereocenters. The van der Waals surface area contributed by atoms with Gasteiger partial charge in [-0.05, 0) is 18.8 Å². The summed E-state index contributed by atoms with van der Waals surface area (Å²) in [6.45, 7) is 3.98. The minimum atomic E-state index is -0.992. The summed E-state index contributed by atoms with van der Waals surface area (Å²) >= 11 is 0. The molecule has 1 heterocycles. The van der Waals surface area contributed by atoms with Crippen LogP contribution in [0.2, 0.25) is 0 Å². The molecule has 6 heteroatoms. The Labute approximate surface area is 114 Å². The maximum absolute atomic E-state index is 12.3. The number of ether oxygens (including phenoxy) is 1. The normalized spacial score (nSPS) is 19.3. The van der Waals surface area contributed by atoms with Gasteiger partial charge in [-0.15, -0.1) is 0 Å². The Kier molecular flexibility index (Phi) is 6.62. The lowest BCUT2D eigenvalue weighted by Crippen LogP contribution is -2.49. The monoisotopic (exact) mass is 272 g/mol. The zero-order valence-corrected chi connectivity index (χ0v) is 11.8. The summed E-state index contributed by atoms with van der Waals surface area (Å²) in [6, 6.07) is -0.183. The predicted molar refractivity (Wildman–Crippen MR) is 71.1 cm³/mol. The molecule has 0 aliphatic carbocycles. The highest BCUT2D eigenvalue weighted by molar-refractivity contribution is 5.80. The van der Waals surface area contributed by atoms with Crippen LogP contribution in [0.3, 0.4) is 0 Å². The average molecular weight is 272 g/mol. The molecule has 0 aromatic carbocycles. The van der Waals surface area contributed by atoms with Gasteiger partial charge in [0.15, 0.2) is 0 Å². The van der Waals surface area contributed by atoms with Crippen LogP contribution in [0.25, 0.3) is 0 Å². The summed E-state index contributed by atoms with van der Waals surface area (Å²) < 4.78 is 4.93. The summed E-state index contributed by atoms with van der Waals surface area (Å²) in [5.41, 5.74) is 0. The third-order valence-corrected chi connectivity index (χ3v) is 3.53. The number of carboxylic acids is 1. The maximum atomic E-state index is 12.3. The van der Waals surface area contributed by atoms with E-state index >= 15 is 0 Å². The number of carboxylic acid groups (broad SMARTS) is 1. The lowest BCUT2D eigenvalue weighted by Gasteiger charge is -2.35. The van der Waals surface area contributed by atoms with Crippen LogP contribution in [0.15, 0.2) is 0 Å². The van der Waals surface area contributed by atoms with E-state index in [9.17, 15) is 9.59 Å². The van der Waals surface area contributed by atoms with E-state index in [-0.39, 0.29) is 12.6 Å². The van der Waals surface area contributed by atoms with Crippen molar-refractivity contribution in [1.29, 1.82) is 0 Å². The van der Waals surface area contributed by atoms with Crippen molar-refractivity contribution in [3.63, 3.8) is 0 Å². The fraction of sp³-hybridized carbons (Fsp3) is 0.846. The molecule has 1 aliphatic heterocycles. The first-order valence-corrected chi connectivity index (χ1v) is 6.83. The van der Waals surface area contributed by atoms with Crippen LogP contribution < -0.4 is 0 Å². The fourth-order valence-electron chi connectivity index (χ4n) is 2.38. The molecule has 1 N–H and O–H groups in total. The number of amides is 2. The molecule has 1 fully saturated rings. The lowest BCUT2D eigenvalue weighted by atomic mass is 9.96. The van der Waals surface area contributed by atoms with Gasteiger partial charge in [-0.2, -0.15) is 0 Å². The molecule has 0 aromatic heterocycles. The van der Waals surface area contributed by atoms with Gasteiger partial charge < -0.3 is 19.6 Å². The number of hydrogen-bond acceptors (Lipinski definition) is 3. The van der Waals surface area contributed by atoms with E-state index < -0.39 is 5.97 Å². The van der Waals surface area contributed by atoms with Crippen molar-refractivity contribution in [2.75, 3.05) is 39.9 Å². The van der Waals surface area contributed by atoms with Crippen molar-refractivity contribution < 1.29 is 19.4 Å². The smallest absolute Gasteiger partial charge is 0.323 e. The number of carbonyl (C=O) groups excluding carboxylic acids is 1. The first kappa shape index (κ1) is 15.8. The van der Waals surface area contributed by atoms with Crippen molar-refractivity contribution in [3.05, 3.63) is 0 Å². The summed E-state index contributed by atoms with van der Waals surface area (Å²) in [4.78, 5) is 26.3. The number of rotatable bonds is 6. The van der Waals surface area contributed by atoms with Crippen LogP contribution in [-0.4, -0.2) is 66.8 Å². The van der Waals surface area contributed by atoms with Crippen LogP contribution in [-0.2, 0) is 9.53 Å². The topological polar surface area (TPSA) is 70.1 Å². The zero-order chi connectivity index (χ0) is 14.3. The zero-order valence-electron chi connectivity index (χ0n) is 11.8. The van der Waals surface area contributed by atoms with Gasteiger partial charge in [0, 0.05) is 26.7 Å². The summed E-state index contributed by atoms with van der Waals surface area (Å²) in [7, 11) is 1.54. The number of carbonyl (C=O) groups is 2. The van der Waals surface area contributed by atoms with E-state index in [1.807, 2.05) is 0 Å². The molecule has 1 atom stereocenters. The molecule has 110 valence electrons. The number of nitrogens with zero attached hydrogens (tertiary/aromatic N) is 2. The first-order chi connectivity index (χ1) is 9.08. The van der Waals surface area contributed by atoms with Gasteiger partial charge in [0.1, 0.15) is 6.54 Å². The number of methoxy groups -OCH3 is 1. The Morgan fingerprint density at radius 2 is 2.21 bits per heavy atom. The number of aliphatic carboxylic acids is 1. The van der Waals surface area contributed by atoms with E-state index in [1.54, 1.807) is 4.90 Å². The predicted octanol–water partition coefficient (Wildman–Crippen LogP) is 1.26.